The van der Waals surface area contributed by atoms with Crippen molar-refractivity contribution in [2.45, 2.75) is 39.0 Å². The molecule has 120 valence electrons. The molecule has 4 fully saturated rings. The smallest absolute Gasteiger partial charge is 0.334 e. The van der Waals surface area contributed by atoms with Crippen LogP contribution in [0, 0.1) is 35.0 Å². The highest BCUT2D eigenvalue weighted by molar-refractivity contribution is 5.98. The van der Waals surface area contributed by atoms with Crippen LogP contribution in [0.4, 0.5) is 0 Å². The van der Waals surface area contributed by atoms with Crippen LogP contribution >= 0.6 is 0 Å². The first-order valence-electron chi connectivity index (χ1n) is 8.39. The summed E-state index contributed by atoms with van der Waals surface area (Å²) in [6.07, 6.45) is 6.07. The highest BCUT2D eigenvalue weighted by Crippen LogP contribution is 2.71. The Morgan fingerprint density at radius 1 is 1.05 bits per heavy atom. The zero-order valence-corrected chi connectivity index (χ0v) is 13.6. The molecular formula is C18H24O4. The van der Waals surface area contributed by atoms with E-state index in [9.17, 15) is 9.59 Å². The van der Waals surface area contributed by atoms with Gasteiger partial charge in [-0.2, -0.15) is 0 Å². The molecule has 5 aliphatic rings. The second kappa shape index (κ2) is 4.59. The SMILES string of the molecule is COC(=O)C1=C(C)C23C[C@@H]4CC(C[C@@H](C4)C2)[C@H]3[C@H]1C(=O)OC. The average molecular weight is 304 g/mol. The second-order valence-electron chi connectivity index (χ2n) is 7.82. The van der Waals surface area contributed by atoms with Crippen LogP contribution in [0.25, 0.3) is 0 Å². The zero-order chi connectivity index (χ0) is 15.6. The third-order valence-electron chi connectivity index (χ3n) is 7.07. The lowest BCUT2D eigenvalue weighted by Crippen LogP contribution is -2.53. The average Bonchev–Trinajstić information content (AvgIpc) is 2.75. The largest absolute Gasteiger partial charge is 0.469 e. The maximum atomic E-state index is 12.5. The van der Waals surface area contributed by atoms with Crippen molar-refractivity contribution in [1.82, 2.24) is 0 Å². The highest BCUT2D eigenvalue weighted by atomic mass is 16.5. The van der Waals surface area contributed by atoms with Gasteiger partial charge in [0.2, 0.25) is 0 Å². The molecule has 4 nitrogen and oxygen atoms in total. The molecule has 5 aliphatic carbocycles. The molecule has 4 bridgehead atoms. The standard InChI is InChI=1S/C18H24O4/c1-9-13(16(19)21-2)14(17(20)22-3)15-12-5-10-4-11(6-12)8-18(9,15)7-10/h10-12,14-15H,4-8H2,1-3H3/t10-,11+,12?,14-,15-,18?/m0/s1. The van der Waals surface area contributed by atoms with Crippen molar-refractivity contribution in [3.05, 3.63) is 11.1 Å². The van der Waals surface area contributed by atoms with E-state index < -0.39 is 5.92 Å². The summed E-state index contributed by atoms with van der Waals surface area (Å²) in [5.74, 6) is 1.36. The molecule has 0 amide bonds. The number of carbonyl (C=O) groups is 2. The number of rotatable bonds is 2. The predicted molar refractivity (Wildman–Crippen MR) is 79.7 cm³/mol. The first-order valence-corrected chi connectivity index (χ1v) is 8.39. The normalized spacial score (nSPS) is 45.0. The van der Waals surface area contributed by atoms with Gasteiger partial charge in [0.05, 0.1) is 25.7 Å². The molecule has 0 radical (unpaired) electrons. The highest BCUT2D eigenvalue weighted by Gasteiger charge is 2.66. The number of allylic oxidation sites excluding steroid dienone is 1. The molecule has 0 heterocycles. The van der Waals surface area contributed by atoms with Crippen LogP contribution in [0.3, 0.4) is 0 Å². The van der Waals surface area contributed by atoms with Gasteiger partial charge in [-0.15, -0.1) is 0 Å². The van der Waals surface area contributed by atoms with Crippen molar-refractivity contribution < 1.29 is 19.1 Å². The molecule has 2 unspecified atom stereocenters. The van der Waals surface area contributed by atoms with Crippen molar-refractivity contribution in [2.75, 3.05) is 14.2 Å². The fourth-order valence-electron chi connectivity index (χ4n) is 6.69. The van der Waals surface area contributed by atoms with Gasteiger partial charge in [0.25, 0.3) is 0 Å². The lowest BCUT2D eigenvalue weighted by molar-refractivity contribution is -0.157. The number of hydrogen-bond donors (Lipinski definition) is 0. The van der Waals surface area contributed by atoms with Gasteiger partial charge < -0.3 is 9.47 Å². The Hall–Kier alpha value is -1.32. The van der Waals surface area contributed by atoms with Crippen molar-refractivity contribution in [3.63, 3.8) is 0 Å². The second-order valence-corrected chi connectivity index (χ2v) is 7.82. The van der Waals surface area contributed by atoms with Crippen LogP contribution in [-0.2, 0) is 19.1 Å². The van der Waals surface area contributed by atoms with E-state index in [-0.39, 0.29) is 23.3 Å². The number of methoxy groups -OCH3 is 2. The van der Waals surface area contributed by atoms with Crippen LogP contribution < -0.4 is 0 Å². The van der Waals surface area contributed by atoms with E-state index >= 15 is 0 Å². The van der Waals surface area contributed by atoms with Crippen molar-refractivity contribution in [2.24, 2.45) is 35.0 Å². The number of carbonyl (C=O) groups excluding carboxylic acids is 2. The first-order chi connectivity index (χ1) is 10.5. The number of hydrogen-bond acceptors (Lipinski definition) is 4. The van der Waals surface area contributed by atoms with Crippen LogP contribution in [0.15, 0.2) is 11.1 Å². The molecule has 1 spiro atoms. The minimum atomic E-state index is -0.414. The minimum Gasteiger partial charge on any atom is -0.469 e. The van der Waals surface area contributed by atoms with Crippen LogP contribution in [0.5, 0.6) is 0 Å². The molecule has 4 heteroatoms. The third-order valence-corrected chi connectivity index (χ3v) is 7.07. The molecule has 0 aromatic carbocycles. The summed E-state index contributed by atoms with van der Waals surface area (Å²) in [6, 6.07) is 0. The molecule has 0 aromatic rings. The molecule has 22 heavy (non-hydrogen) atoms. The zero-order valence-electron chi connectivity index (χ0n) is 13.6. The summed E-state index contributed by atoms with van der Waals surface area (Å²) < 4.78 is 10.1. The molecular weight excluding hydrogens is 280 g/mol. The van der Waals surface area contributed by atoms with Gasteiger partial charge in [0.15, 0.2) is 0 Å². The Morgan fingerprint density at radius 2 is 1.68 bits per heavy atom. The van der Waals surface area contributed by atoms with E-state index in [2.05, 4.69) is 6.92 Å². The Bertz CT molecular complexity index is 562. The van der Waals surface area contributed by atoms with Crippen LogP contribution in [0.1, 0.15) is 39.0 Å². The van der Waals surface area contributed by atoms with Crippen LogP contribution in [-0.4, -0.2) is 26.2 Å². The summed E-state index contributed by atoms with van der Waals surface area (Å²) in [5, 5.41) is 0. The lowest BCUT2D eigenvalue weighted by atomic mass is 9.44. The van der Waals surface area contributed by atoms with Gasteiger partial charge in [-0.3, -0.25) is 4.79 Å². The molecule has 0 N–H and O–H groups in total. The van der Waals surface area contributed by atoms with Crippen LogP contribution in [0.2, 0.25) is 0 Å². The molecule has 0 aliphatic heterocycles. The van der Waals surface area contributed by atoms with Crippen molar-refractivity contribution >= 4 is 11.9 Å². The van der Waals surface area contributed by atoms with E-state index in [0.717, 1.165) is 30.3 Å². The minimum absolute atomic E-state index is 0.0527. The Labute approximate surface area is 131 Å². The fourth-order valence-corrected chi connectivity index (χ4v) is 6.69. The number of esters is 2. The van der Waals surface area contributed by atoms with Gasteiger partial charge in [0, 0.05) is 0 Å². The summed E-state index contributed by atoms with van der Waals surface area (Å²) in [5.41, 5.74) is 1.78. The quantitative estimate of drug-likeness (QED) is 0.736. The topological polar surface area (TPSA) is 52.6 Å². The van der Waals surface area contributed by atoms with E-state index in [1.807, 2.05) is 0 Å². The van der Waals surface area contributed by atoms with E-state index in [1.54, 1.807) is 0 Å². The van der Waals surface area contributed by atoms with E-state index in [0.29, 0.717) is 11.5 Å². The van der Waals surface area contributed by atoms with Gasteiger partial charge in [-0.05, 0) is 68.1 Å². The van der Waals surface area contributed by atoms with Gasteiger partial charge in [-0.1, -0.05) is 5.57 Å². The third kappa shape index (κ3) is 1.59. The maximum Gasteiger partial charge on any atom is 0.334 e. The number of ether oxygens (including phenoxy) is 2. The van der Waals surface area contributed by atoms with E-state index in [1.165, 1.54) is 33.5 Å². The summed E-state index contributed by atoms with van der Waals surface area (Å²) in [7, 11) is 2.83. The van der Waals surface area contributed by atoms with Crippen molar-refractivity contribution in [3.8, 4) is 0 Å². The Morgan fingerprint density at radius 3 is 2.23 bits per heavy atom. The lowest BCUT2D eigenvalue weighted by Gasteiger charge is -2.60. The summed E-state index contributed by atoms with van der Waals surface area (Å²) in [4.78, 5) is 24.9. The van der Waals surface area contributed by atoms with Gasteiger partial charge in [0.1, 0.15) is 0 Å². The molecule has 0 saturated heterocycles. The van der Waals surface area contributed by atoms with Gasteiger partial charge in [-0.25, -0.2) is 4.79 Å². The monoisotopic (exact) mass is 304 g/mol. The molecule has 4 saturated carbocycles. The van der Waals surface area contributed by atoms with E-state index in [4.69, 9.17) is 9.47 Å². The summed E-state index contributed by atoms with van der Waals surface area (Å²) >= 11 is 0. The summed E-state index contributed by atoms with van der Waals surface area (Å²) in [6.45, 7) is 2.06. The molecule has 5 rings (SSSR count). The Balaban J connectivity index is 1.86. The predicted octanol–water partition coefficient (Wildman–Crippen LogP) is 2.72. The molecule has 6 atom stereocenters. The Kier molecular flexibility index (Phi) is 2.98. The maximum absolute atomic E-state index is 12.5. The first kappa shape index (κ1) is 14.3. The fraction of sp³-hybridized carbons (Fsp3) is 0.778. The van der Waals surface area contributed by atoms with Gasteiger partial charge >= 0.3 is 11.9 Å². The van der Waals surface area contributed by atoms with Crippen molar-refractivity contribution in [1.29, 1.82) is 0 Å². The molecule has 0 aromatic heterocycles.